The van der Waals surface area contributed by atoms with Gasteiger partial charge in [-0.1, -0.05) is 30.3 Å². The van der Waals surface area contributed by atoms with E-state index in [1.54, 1.807) is 17.5 Å². The van der Waals surface area contributed by atoms with Crippen molar-refractivity contribution in [2.24, 2.45) is 0 Å². The smallest absolute Gasteiger partial charge is 0.229 e. The van der Waals surface area contributed by atoms with Crippen LogP contribution >= 0.6 is 11.3 Å². The number of aromatic nitrogens is 3. The van der Waals surface area contributed by atoms with Gasteiger partial charge in [-0.15, -0.1) is 11.3 Å². The molecule has 128 valence electrons. The van der Waals surface area contributed by atoms with Gasteiger partial charge in [0, 0.05) is 24.3 Å². The first-order chi connectivity index (χ1) is 12.4. The second-order valence-electron chi connectivity index (χ2n) is 6.20. The third-order valence-corrected chi connectivity index (χ3v) is 5.25. The lowest BCUT2D eigenvalue weighted by molar-refractivity contribution is 0.256. The average molecular weight is 351 g/mol. The molecule has 4 rings (SSSR count). The minimum atomic E-state index is 0.378. The van der Waals surface area contributed by atoms with E-state index >= 15 is 0 Å². The molecule has 1 N–H and O–H groups in total. The van der Waals surface area contributed by atoms with E-state index in [4.69, 9.17) is 4.98 Å². The van der Waals surface area contributed by atoms with Crippen molar-refractivity contribution in [3.63, 3.8) is 0 Å². The van der Waals surface area contributed by atoms with E-state index in [-0.39, 0.29) is 0 Å². The highest BCUT2D eigenvalue weighted by Gasteiger charge is 2.27. The normalized spacial score (nSPS) is 17.7. The Kier molecular flexibility index (Phi) is 4.99. The van der Waals surface area contributed by atoms with Crippen LogP contribution in [0.5, 0.6) is 0 Å². The van der Waals surface area contributed by atoms with E-state index in [9.17, 15) is 0 Å². The second kappa shape index (κ2) is 7.72. The highest BCUT2D eigenvalue weighted by atomic mass is 32.1. The summed E-state index contributed by atoms with van der Waals surface area (Å²) in [5, 5.41) is 5.95. The van der Waals surface area contributed by atoms with Crippen LogP contribution in [-0.4, -0.2) is 32.9 Å². The zero-order valence-corrected chi connectivity index (χ0v) is 14.8. The van der Waals surface area contributed by atoms with Crippen LogP contribution in [0.15, 0.2) is 54.2 Å². The fourth-order valence-corrected chi connectivity index (χ4v) is 3.87. The van der Waals surface area contributed by atoms with Gasteiger partial charge in [0.1, 0.15) is 0 Å². The lowest BCUT2D eigenvalue weighted by Gasteiger charge is -2.24. The molecule has 0 unspecified atom stereocenters. The molecule has 0 aliphatic carbocycles. The van der Waals surface area contributed by atoms with Crippen molar-refractivity contribution < 1.29 is 0 Å². The molecule has 0 bridgehead atoms. The Morgan fingerprint density at radius 2 is 2.04 bits per heavy atom. The summed E-state index contributed by atoms with van der Waals surface area (Å²) in [4.78, 5) is 15.8. The summed E-state index contributed by atoms with van der Waals surface area (Å²) < 4.78 is 0. The summed E-state index contributed by atoms with van der Waals surface area (Å²) in [7, 11) is 0. The zero-order valence-electron chi connectivity index (χ0n) is 14.0. The topological polar surface area (TPSA) is 53.9 Å². The molecule has 3 aromatic rings. The minimum absolute atomic E-state index is 0.378. The number of thiazole rings is 1. The predicted molar refractivity (Wildman–Crippen MR) is 101 cm³/mol. The molecule has 5 nitrogen and oxygen atoms in total. The largest absolute Gasteiger partial charge is 0.300 e. The number of nitrogens with zero attached hydrogens (tertiary/aromatic N) is 4. The maximum Gasteiger partial charge on any atom is 0.229 e. The first-order valence-electron chi connectivity index (χ1n) is 8.66. The number of hydrogen-bond acceptors (Lipinski definition) is 6. The third kappa shape index (κ3) is 4.03. The Labute approximate surface area is 151 Å². The highest BCUT2D eigenvalue weighted by Crippen LogP contribution is 2.31. The minimum Gasteiger partial charge on any atom is -0.300 e. The molecule has 0 amide bonds. The molecule has 25 heavy (non-hydrogen) atoms. The van der Waals surface area contributed by atoms with Gasteiger partial charge in [0.25, 0.3) is 0 Å². The van der Waals surface area contributed by atoms with Crippen LogP contribution in [0.1, 0.15) is 30.1 Å². The van der Waals surface area contributed by atoms with Crippen LogP contribution in [0.3, 0.4) is 0 Å². The Hall–Kier alpha value is -2.31. The number of benzene rings is 1. The van der Waals surface area contributed by atoms with Gasteiger partial charge >= 0.3 is 0 Å². The van der Waals surface area contributed by atoms with Crippen LogP contribution in [0.25, 0.3) is 0 Å². The molecular formula is C19H21N5S. The molecule has 1 fully saturated rings. The van der Waals surface area contributed by atoms with Gasteiger partial charge in [-0.05, 0) is 37.4 Å². The first kappa shape index (κ1) is 16.2. The predicted octanol–water partition coefficient (Wildman–Crippen LogP) is 4.06. The summed E-state index contributed by atoms with van der Waals surface area (Å²) in [6.45, 7) is 2.20. The van der Waals surface area contributed by atoms with Gasteiger partial charge in [0.05, 0.1) is 11.7 Å². The van der Waals surface area contributed by atoms with E-state index in [1.165, 1.54) is 12.0 Å². The first-order valence-corrected chi connectivity index (χ1v) is 9.54. The number of anilines is 2. The molecule has 1 aromatic carbocycles. The van der Waals surface area contributed by atoms with E-state index in [1.807, 2.05) is 17.6 Å². The zero-order chi connectivity index (χ0) is 16.9. The highest BCUT2D eigenvalue weighted by molar-refractivity contribution is 7.13. The number of hydrogen-bond donors (Lipinski definition) is 1. The summed E-state index contributed by atoms with van der Waals surface area (Å²) in [6.07, 6.45) is 7.07. The van der Waals surface area contributed by atoms with Gasteiger partial charge in [0.2, 0.25) is 5.95 Å². The van der Waals surface area contributed by atoms with Crippen molar-refractivity contribution in [3.05, 3.63) is 65.4 Å². The van der Waals surface area contributed by atoms with Crippen molar-refractivity contribution in [1.82, 2.24) is 19.9 Å². The third-order valence-electron chi connectivity index (χ3n) is 4.56. The van der Waals surface area contributed by atoms with E-state index < -0.39 is 0 Å². The quantitative estimate of drug-likeness (QED) is 0.726. The molecule has 0 spiro atoms. The van der Waals surface area contributed by atoms with E-state index in [2.05, 4.69) is 50.5 Å². The van der Waals surface area contributed by atoms with E-state index in [0.29, 0.717) is 12.0 Å². The Morgan fingerprint density at radius 3 is 2.88 bits per heavy atom. The fraction of sp³-hybridized carbons (Fsp3) is 0.316. The van der Waals surface area contributed by atoms with Crippen molar-refractivity contribution in [3.8, 4) is 0 Å². The van der Waals surface area contributed by atoms with Crippen LogP contribution < -0.4 is 5.32 Å². The average Bonchev–Trinajstić information content (AvgIpc) is 3.33. The molecule has 1 aliphatic rings. The van der Waals surface area contributed by atoms with Gasteiger partial charge < -0.3 is 5.32 Å². The summed E-state index contributed by atoms with van der Waals surface area (Å²) in [5.74, 6) is 0.627. The summed E-state index contributed by atoms with van der Waals surface area (Å²) in [6, 6.07) is 13.1. The van der Waals surface area contributed by atoms with E-state index in [0.717, 1.165) is 36.8 Å². The van der Waals surface area contributed by atoms with Crippen molar-refractivity contribution >= 4 is 22.4 Å². The standard InChI is InChI=1S/C19H21N5S/c1-2-5-15(6-3-1)9-13-24-12-4-7-17(24)16-8-10-20-18(22-16)23-19-21-11-14-25-19/h1-3,5-6,8,10-11,14,17H,4,7,9,12-13H2,(H,20,21,22,23)/t17-/m1/s1. The van der Waals surface area contributed by atoms with Crippen molar-refractivity contribution in [1.29, 1.82) is 0 Å². The molecule has 2 aromatic heterocycles. The molecule has 0 radical (unpaired) electrons. The van der Waals surface area contributed by atoms with Crippen molar-refractivity contribution in [2.75, 3.05) is 18.4 Å². The maximum absolute atomic E-state index is 4.74. The molecular weight excluding hydrogens is 330 g/mol. The van der Waals surface area contributed by atoms with Gasteiger partial charge in [-0.3, -0.25) is 4.90 Å². The number of nitrogens with one attached hydrogen (secondary N) is 1. The Morgan fingerprint density at radius 1 is 1.12 bits per heavy atom. The SMILES string of the molecule is c1ccc(CCN2CCC[C@@H]2c2ccnc(Nc3nccs3)n2)cc1. The molecule has 1 saturated heterocycles. The lowest BCUT2D eigenvalue weighted by atomic mass is 10.1. The molecule has 3 heterocycles. The fourth-order valence-electron chi connectivity index (χ4n) is 3.35. The maximum atomic E-state index is 4.74. The molecule has 1 aliphatic heterocycles. The lowest BCUT2D eigenvalue weighted by Crippen LogP contribution is -2.26. The monoisotopic (exact) mass is 351 g/mol. The van der Waals surface area contributed by atoms with Crippen LogP contribution in [0.2, 0.25) is 0 Å². The van der Waals surface area contributed by atoms with Crippen LogP contribution in [0.4, 0.5) is 11.1 Å². The Balaban J connectivity index is 1.44. The summed E-state index contributed by atoms with van der Waals surface area (Å²) >= 11 is 1.55. The van der Waals surface area contributed by atoms with Crippen LogP contribution in [0, 0.1) is 0 Å². The Bertz CT molecular complexity index is 791. The van der Waals surface area contributed by atoms with Crippen molar-refractivity contribution in [2.45, 2.75) is 25.3 Å². The number of likely N-dealkylation sites (tertiary alicyclic amines) is 1. The summed E-state index contributed by atoms with van der Waals surface area (Å²) in [5.41, 5.74) is 2.49. The van der Waals surface area contributed by atoms with Gasteiger partial charge in [-0.25, -0.2) is 15.0 Å². The van der Waals surface area contributed by atoms with Gasteiger partial charge in [0.15, 0.2) is 5.13 Å². The number of rotatable bonds is 6. The molecule has 1 atom stereocenters. The van der Waals surface area contributed by atoms with Crippen LogP contribution in [-0.2, 0) is 6.42 Å². The second-order valence-corrected chi connectivity index (χ2v) is 7.09. The van der Waals surface area contributed by atoms with Gasteiger partial charge in [-0.2, -0.15) is 0 Å². The molecule has 0 saturated carbocycles. The molecule has 6 heteroatoms.